The monoisotopic (exact) mass is 284 g/mol. The zero-order valence-electron chi connectivity index (χ0n) is 13.4. The van der Waals surface area contributed by atoms with Gasteiger partial charge in [-0.1, -0.05) is 78.1 Å². The van der Waals surface area contributed by atoms with Crippen LogP contribution in [0.4, 0.5) is 0 Å². The summed E-state index contributed by atoms with van der Waals surface area (Å²) in [6, 6.07) is 0. The van der Waals surface area contributed by atoms with Gasteiger partial charge in [-0.15, -0.1) is 0 Å². The van der Waals surface area contributed by atoms with E-state index in [1.165, 1.54) is 57.8 Å². The average Bonchev–Trinajstić information content (AvgIpc) is 2.44. The van der Waals surface area contributed by atoms with E-state index in [9.17, 15) is 9.59 Å². The molecule has 118 valence electrons. The van der Waals surface area contributed by atoms with Crippen LogP contribution in [0.2, 0.25) is 0 Å². The topological polar surface area (TPSA) is 43.4 Å². The number of esters is 1. The Morgan fingerprint density at radius 1 is 0.950 bits per heavy atom. The number of hydrogen-bond donors (Lipinski definition) is 0. The first-order chi connectivity index (χ1) is 9.74. The second kappa shape index (κ2) is 14.5. The molecule has 0 aromatic rings. The predicted octanol–water partition coefficient (Wildman–Crippen LogP) is 5.02. The lowest BCUT2D eigenvalue weighted by Crippen LogP contribution is -2.10. The van der Waals surface area contributed by atoms with Gasteiger partial charge in [-0.05, 0) is 12.3 Å². The van der Waals surface area contributed by atoms with Gasteiger partial charge >= 0.3 is 12.4 Å². The third-order valence-corrected chi connectivity index (χ3v) is 3.93. The van der Waals surface area contributed by atoms with Crippen molar-refractivity contribution in [3.05, 3.63) is 0 Å². The summed E-state index contributed by atoms with van der Waals surface area (Å²) < 4.78 is 4.35. The molecule has 1 atom stereocenters. The second-order valence-corrected chi connectivity index (χ2v) is 5.68. The maximum absolute atomic E-state index is 11.2. The minimum Gasteiger partial charge on any atom is -0.395 e. The van der Waals surface area contributed by atoms with E-state index in [-0.39, 0.29) is 12.4 Å². The summed E-state index contributed by atoms with van der Waals surface area (Å²) in [5.41, 5.74) is 0. The summed E-state index contributed by atoms with van der Waals surface area (Å²) in [7, 11) is 0. The summed E-state index contributed by atoms with van der Waals surface area (Å²) in [4.78, 5) is 21.3. The molecule has 0 heterocycles. The fraction of sp³-hybridized carbons (Fsp3) is 0.882. The number of rotatable bonds is 14. The van der Waals surface area contributed by atoms with Gasteiger partial charge < -0.3 is 4.74 Å². The quantitative estimate of drug-likeness (QED) is 0.195. The molecule has 0 spiro atoms. The number of carbonyl (C=O) groups is 2. The summed E-state index contributed by atoms with van der Waals surface area (Å²) in [6.07, 6.45) is 14.3. The first kappa shape index (κ1) is 19.1. The van der Waals surface area contributed by atoms with Gasteiger partial charge in [0, 0.05) is 6.42 Å². The molecular formula is C17H32O3. The summed E-state index contributed by atoms with van der Waals surface area (Å²) in [6.45, 7) is 4.56. The van der Waals surface area contributed by atoms with Gasteiger partial charge in [0.1, 0.15) is 0 Å². The molecule has 0 saturated heterocycles. The highest BCUT2D eigenvalue weighted by Gasteiger charge is 2.12. The fourth-order valence-electron chi connectivity index (χ4n) is 2.53. The molecule has 0 aromatic heterocycles. The molecular weight excluding hydrogens is 252 g/mol. The van der Waals surface area contributed by atoms with Gasteiger partial charge in [-0.3, -0.25) is 9.59 Å². The van der Waals surface area contributed by atoms with Crippen LogP contribution < -0.4 is 0 Å². The van der Waals surface area contributed by atoms with Crippen LogP contribution in [0.5, 0.6) is 0 Å². The molecule has 0 fully saturated rings. The zero-order valence-corrected chi connectivity index (χ0v) is 13.4. The van der Waals surface area contributed by atoms with Crippen molar-refractivity contribution in [3.63, 3.8) is 0 Å². The number of hydrogen-bond acceptors (Lipinski definition) is 3. The number of unbranched alkanes of at least 4 members (excludes halogenated alkanes) is 8. The van der Waals surface area contributed by atoms with Crippen LogP contribution in [0, 0.1) is 5.92 Å². The fourth-order valence-corrected chi connectivity index (χ4v) is 2.53. The van der Waals surface area contributed by atoms with Crippen molar-refractivity contribution >= 4 is 12.4 Å². The highest BCUT2D eigenvalue weighted by atomic mass is 16.6. The van der Waals surface area contributed by atoms with Crippen molar-refractivity contribution < 1.29 is 14.3 Å². The molecule has 1 unspecified atom stereocenters. The maximum Gasteiger partial charge on any atom is 0.313 e. The first-order valence-corrected chi connectivity index (χ1v) is 8.37. The van der Waals surface area contributed by atoms with Crippen molar-refractivity contribution in [1.82, 2.24) is 0 Å². The van der Waals surface area contributed by atoms with E-state index < -0.39 is 0 Å². The Hall–Kier alpha value is -0.860. The summed E-state index contributed by atoms with van der Waals surface area (Å²) in [5.74, 6) is -0.0187. The third kappa shape index (κ3) is 12.2. The van der Waals surface area contributed by atoms with Crippen molar-refractivity contribution in [3.8, 4) is 0 Å². The molecule has 20 heavy (non-hydrogen) atoms. The van der Waals surface area contributed by atoms with Gasteiger partial charge in [0.2, 0.25) is 0 Å². The molecule has 0 radical (unpaired) electrons. The highest BCUT2D eigenvalue weighted by Crippen LogP contribution is 2.19. The normalized spacial score (nSPS) is 12.1. The van der Waals surface area contributed by atoms with Crippen LogP contribution >= 0.6 is 0 Å². The lowest BCUT2D eigenvalue weighted by atomic mass is 9.95. The molecule has 3 nitrogen and oxygen atoms in total. The van der Waals surface area contributed by atoms with Crippen molar-refractivity contribution in [2.24, 2.45) is 5.92 Å². The van der Waals surface area contributed by atoms with Crippen LogP contribution in [-0.2, 0) is 14.3 Å². The van der Waals surface area contributed by atoms with Gasteiger partial charge in [0.05, 0.1) is 0 Å². The lowest BCUT2D eigenvalue weighted by Gasteiger charge is -2.12. The van der Waals surface area contributed by atoms with E-state index in [0.29, 0.717) is 12.3 Å². The van der Waals surface area contributed by atoms with Gasteiger partial charge in [0.25, 0.3) is 0 Å². The molecule has 0 aliphatic carbocycles. The minimum atomic E-state index is -0.386. The molecule has 3 heteroatoms. The molecule has 0 rings (SSSR count). The predicted molar refractivity (Wildman–Crippen MR) is 82.4 cm³/mol. The molecule has 0 aliphatic heterocycles. The van der Waals surface area contributed by atoms with Crippen molar-refractivity contribution in [1.29, 1.82) is 0 Å². The molecule has 0 aromatic carbocycles. The maximum atomic E-state index is 11.2. The van der Waals surface area contributed by atoms with E-state index >= 15 is 0 Å². The highest BCUT2D eigenvalue weighted by molar-refractivity contribution is 5.76. The van der Waals surface area contributed by atoms with Gasteiger partial charge in [0.15, 0.2) is 0 Å². The third-order valence-electron chi connectivity index (χ3n) is 3.93. The SMILES string of the molecule is CCCCCCCCCCCC(CC)CC(=O)OC=O. The van der Waals surface area contributed by atoms with Crippen LogP contribution in [0.3, 0.4) is 0 Å². The Balaban J connectivity index is 3.42. The number of ether oxygens (including phenoxy) is 1. The lowest BCUT2D eigenvalue weighted by molar-refractivity contribution is -0.152. The molecule has 0 saturated carbocycles. The summed E-state index contributed by atoms with van der Waals surface area (Å²) >= 11 is 0. The van der Waals surface area contributed by atoms with Crippen LogP contribution in [0.15, 0.2) is 0 Å². The van der Waals surface area contributed by atoms with E-state index in [4.69, 9.17) is 0 Å². The first-order valence-electron chi connectivity index (χ1n) is 8.37. The zero-order chi connectivity index (χ0) is 15.1. The van der Waals surface area contributed by atoms with Crippen molar-refractivity contribution in [2.45, 2.75) is 90.9 Å². The Labute approximate surface area is 124 Å². The van der Waals surface area contributed by atoms with E-state index in [2.05, 4.69) is 18.6 Å². The van der Waals surface area contributed by atoms with Crippen LogP contribution in [-0.4, -0.2) is 12.4 Å². The smallest absolute Gasteiger partial charge is 0.313 e. The Morgan fingerprint density at radius 2 is 1.50 bits per heavy atom. The molecule has 0 N–H and O–H groups in total. The van der Waals surface area contributed by atoms with Crippen LogP contribution in [0.25, 0.3) is 0 Å². The van der Waals surface area contributed by atoms with E-state index in [0.717, 1.165) is 12.8 Å². The number of carbonyl (C=O) groups excluding carboxylic acids is 2. The van der Waals surface area contributed by atoms with Gasteiger partial charge in [-0.25, -0.2) is 0 Å². The molecule has 0 amide bonds. The molecule has 0 bridgehead atoms. The molecule has 0 aliphatic rings. The Kier molecular flexibility index (Phi) is 13.9. The minimum absolute atomic E-state index is 0.230. The van der Waals surface area contributed by atoms with Crippen LogP contribution in [0.1, 0.15) is 90.9 Å². The second-order valence-electron chi connectivity index (χ2n) is 5.68. The Morgan fingerprint density at radius 3 is 2.00 bits per heavy atom. The Bertz CT molecular complexity index is 238. The largest absolute Gasteiger partial charge is 0.395 e. The van der Waals surface area contributed by atoms with Gasteiger partial charge in [-0.2, -0.15) is 0 Å². The summed E-state index contributed by atoms with van der Waals surface area (Å²) in [5, 5.41) is 0. The standard InChI is InChI=1S/C17H32O3/c1-3-5-6-7-8-9-10-11-12-13-16(4-2)14-17(19)20-15-18/h15-16H,3-14H2,1-2H3. The average molecular weight is 284 g/mol. The van der Waals surface area contributed by atoms with Crippen molar-refractivity contribution in [2.75, 3.05) is 0 Å². The van der Waals surface area contributed by atoms with E-state index in [1.54, 1.807) is 0 Å². The van der Waals surface area contributed by atoms with E-state index in [1.807, 2.05) is 0 Å².